The third kappa shape index (κ3) is 2.60. The number of nitro groups is 1. The molecule has 0 N–H and O–H groups in total. The van der Waals surface area contributed by atoms with Crippen LogP contribution in [0.3, 0.4) is 0 Å². The Morgan fingerprint density at radius 2 is 2.12 bits per heavy atom. The van der Waals surface area contributed by atoms with Gasteiger partial charge < -0.3 is 0 Å². The molecule has 0 aliphatic heterocycles. The number of hydrogen-bond donors (Lipinski definition) is 0. The van der Waals surface area contributed by atoms with E-state index in [1.807, 2.05) is 0 Å². The molecule has 1 aromatic carbocycles. The van der Waals surface area contributed by atoms with Gasteiger partial charge in [0.2, 0.25) is 0 Å². The summed E-state index contributed by atoms with van der Waals surface area (Å²) in [6, 6.07) is 4.13. The predicted molar refractivity (Wildman–Crippen MR) is 58.2 cm³/mol. The first-order valence-corrected chi connectivity index (χ1v) is 4.47. The summed E-state index contributed by atoms with van der Waals surface area (Å²) in [7, 11) is 0. The van der Waals surface area contributed by atoms with Gasteiger partial charge in [-0.2, -0.15) is 0 Å². The zero-order chi connectivity index (χ0) is 12.1. The molecule has 0 heterocycles. The number of nitro benzene ring substituents is 1. The first kappa shape index (κ1) is 11.8. The first-order chi connectivity index (χ1) is 7.56. The normalized spacial score (nSPS) is 10.3. The second kappa shape index (κ2) is 4.97. The average Bonchev–Trinajstić information content (AvgIpc) is 2.25. The van der Waals surface area contributed by atoms with E-state index in [2.05, 4.69) is 0 Å². The van der Waals surface area contributed by atoms with Crippen LogP contribution in [0, 0.1) is 10.1 Å². The fourth-order valence-corrected chi connectivity index (χ4v) is 1.20. The average molecular weight is 219 g/mol. The number of aldehydes is 1. The molecule has 5 heteroatoms. The molecule has 82 valence electrons. The van der Waals surface area contributed by atoms with Crippen molar-refractivity contribution >= 4 is 23.8 Å². The Morgan fingerprint density at radius 1 is 1.44 bits per heavy atom. The fourth-order valence-electron chi connectivity index (χ4n) is 1.20. The maximum atomic E-state index is 11.0. The second-order valence-corrected chi connectivity index (χ2v) is 3.08. The molecule has 0 aromatic heterocycles. The van der Waals surface area contributed by atoms with E-state index in [1.165, 1.54) is 31.2 Å². The summed E-state index contributed by atoms with van der Waals surface area (Å²) in [6.07, 6.45) is 3.02. The topological polar surface area (TPSA) is 77.3 Å². The molecule has 0 bridgehead atoms. The van der Waals surface area contributed by atoms with Crippen LogP contribution in [0.4, 0.5) is 5.69 Å². The van der Waals surface area contributed by atoms with E-state index < -0.39 is 4.92 Å². The van der Waals surface area contributed by atoms with Crippen LogP contribution in [0.2, 0.25) is 0 Å². The van der Waals surface area contributed by atoms with Crippen LogP contribution in [0.1, 0.15) is 22.8 Å². The molecule has 0 fully saturated rings. The van der Waals surface area contributed by atoms with Gasteiger partial charge in [0.05, 0.1) is 10.5 Å². The zero-order valence-corrected chi connectivity index (χ0v) is 8.54. The van der Waals surface area contributed by atoms with Crippen molar-refractivity contribution in [1.82, 2.24) is 0 Å². The van der Waals surface area contributed by atoms with Gasteiger partial charge in [-0.05, 0) is 25.1 Å². The van der Waals surface area contributed by atoms with Crippen LogP contribution >= 0.6 is 0 Å². The van der Waals surface area contributed by atoms with Crippen molar-refractivity contribution in [3.63, 3.8) is 0 Å². The number of nitrogens with zero attached hydrogens (tertiary/aromatic N) is 1. The van der Waals surface area contributed by atoms with E-state index in [4.69, 9.17) is 0 Å². The summed E-state index contributed by atoms with van der Waals surface area (Å²) in [5.41, 5.74) is 0.378. The molecule has 0 saturated carbocycles. The molecule has 0 atom stereocenters. The van der Waals surface area contributed by atoms with Gasteiger partial charge in [-0.1, -0.05) is 6.07 Å². The smallest absolute Gasteiger partial charge is 0.277 e. The molecule has 5 nitrogen and oxygen atoms in total. The minimum absolute atomic E-state index is 0.189. The number of ketones is 1. The van der Waals surface area contributed by atoms with E-state index >= 15 is 0 Å². The monoisotopic (exact) mass is 219 g/mol. The maximum Gasteiger partial charge on any atom is 0.277 e. The third-order valence-electron chi connectivity index (χ3n) is 1.99. The lowest BCUT2D eigenvalue weighted by atomic mass is 10.1. The Morgan fingerprint density at radius 3 is 2.62 bits per heavy atom. The van der Waals surface area contributed by atoms with Gasteiger partial charge in [-0.15, -0.1) is 0 Å². The van der Waals surface area contributed by atoms with Gasteiger partial charge in [-0.25, -0.2) is 0 Å². The fraction of sp³-hybridized carbons (Fsp3) is 0.0909. The quantitative estimate of drug-likeness (QED) is 0.255. The molecule has 16 heavy (non-hydrogen) atoms. The van der Waals surface area contributed by atoms with Gasteiger partial charge in [0.15, 0.2) is 5.78 Å². The third-order valence-corrected chi connectivity index (χ3v) is 1.99. The maximum absolute atomic E-state index is 11.0. The van der Waals surface area contributed by atoms with Crippen LogP contribution < -0.4 is 0 Å². The van der Waals surface area contributed by atoms with Crippen molar-refractivity contribution in [2.24, 2.45) is 0 Å². The highest BCUT2D eigenvalue weighted by molar-refractivity contribution is 5.95. The highest BCUT2D eigenvalue weighted by Gasteiger charge is 2.13. The second-order valence-electron chi connectivity index (χ2n) is 3.08. The Bertz CT molecular complexity index is 477. The van der Waals surface area contributed by atoms with Crippen molar-refractivity contribution in [3.05, 3.63) is 45.5 Å². The summed E-state index contributed by atoms with van der Waals surface area (Å²) < 4.78 is 0. The molecular formula is C11H9NO4. The number of carbonyl (C=O) groups is 2. The number of hydrogen-bond acceptors (Lipinski definition) is 4. The van der Waals surface area contributed by atoms with E-state index in [0.29, 0.717) is 11.8 Å². The van der Waals surface area contributed by atoms with Crippen molar-refractivity contribution < 1.29 is 14.5 Å². The van der Waals surface area contributed by atoms with Crippen LogP contribution in [0.15, 0.2) is 24.3 Å². The zero-order valence-electron chi connectivity index (χ0n) is 8.54. The molecule has 0 saturated heterocycles. The lowest BCUT2D eigenvalue weighted by Gasteiger charge is -1.99. The van der Waals surface area contributed by atoms with Crippen LogP contribution in [-0.4, -0.2) is 17.0 Å². The molecular weight excluding hydrogens is 210 g/mol. The van der Waals surface area contributed by atoms with E-state index in [-0.39, 0.29) is 17.0 Å². The Kier molecular flexibility index (Phi) is 3.66. The lowest BCUT2D eigenvalue weighted by Crippen LogP contribution is -1.97. The van der Waals surface area contributed by atoms with E-state index in [0.717, 1.165) is 6.08 Å². The van der Waals surface area contributed by atoms with Crippen molar-refractivity contribution in [2.75, 3.05) is 0 Å². The Labute approximate surface area is 91.5 Å². The van der Waals surface area contributed by atoms with Crippen molar-refractivity contribution in [1.29, 1.82) is 0 Å². The van der Waals surface area contributed by atoms with Gasteiger partial charge in [0.1, 0.15) is 6.29 Å². The van der Waals surface area contributed by atoms with Crippen LogP contribution in [-0.2, 0) is 4.79 Å². The number of Topliss-reactive ketones (excluding diaryl/α,β-unsaturated/α-hetero) is 1. The molecule has 1 aromatic rings. The molecule has 0 radical (unpaired) electrons. The molecule has 0 aliphatic carbocycles. The molecule has 0 aliphatic rings. The van der Waals surface area contributed by atoms with Gasteiger partial charge >= 0.3 is 0 Å². The highest BCUT2D eigenvalue weighted by Crippen LogP contribution is 2.21. The summed E-state index contributed by atoms with van der Waals surface area (Å²) >= 11 is 0. The van der Waals surface area contributed by atoms with Crippen LogP contribution in [0.5, 0.6) is 0 Å². The molecule has 1 rings (SSSR count). The van der Waals surface area contributed by atoms with Crippen molar-refractivity contribution in [2.45, 2.75) is 6.92 Å². The van der Waals surface area contributed by atoms with E-state index in [1.54, 1.807) is 0 Å². The Balaban J connectivity index is 3.29. The van der Waals surface area contributed by atoms with Gasteiger partial charge in [-0.3, -0.25) is 19.7 Å². The van der Waals surface area contributed by atoms with E-state index in [9.17, 15) is 19.7 Å². The number of rotatable bonds is 4. The summed E-state index contributed by atoms with van der Waals surface area (Å²) in [5, 5.41) is 10.7. The summed E-state index contributed by atoms with van der Waals surface area (Å²) in [4.78, 5) is 31.3. The van der Waals surface area contributed by atoms with Gasteiger partial charge in [0.25, 0.3) is 5.69 Å². The van der Waals surface area contributed by atoms with Crippen LogP contribution in [0.25, 0.3) is 6.08 Å². The summed E-state index contributed by atoms with van der Waals surface area (Å²) in [6.45, 7) is 1.33. The molecule has 0 spiro atoms. The first-order valence-electron chi connectivity index (χ1n) is 4.47. The minimum Gasteiger partial charge on any atom is -0.299 e. The number of carbonyl (C=O) groups excluding carboxylic acids is 2. The largest absolute Gasteiger partial charge is 0.299 e. The van der Waals surface area contributed by atoms with Crippen molar-refractivity contribution in [3.8, 4) is 0 Å². The Hall–Kier alpha value is -2.30. The van der Waals surface area contributed by atoms with Gasteiger partial charge in [0, 0.05) is 11.6 Å². The molecule has 0 amide bonds. The minimum atomic E-state index is -0.586. The SMILES string of the molecule is CC(=O)c1ccc(C=CC=O)c([N+](=O)[O-])c1. The highest BCUT2D eigenvalue weighted by atomic mass is 16.6. The lowest BCUT2D eigenvalue weighted by molar-refractivity contribution is -0.385. The number of benzene rings is 1. The number of allylic oxidation sites excluding steroid dienone is 1. The standard InChI is InChI=1S/C11H9NO4/c1-8(14)10-5-4-9(3-2-6-13)11(7-10)12(15)16/h2-7H,1H3. The summed E-state index contributed by atoms with van der Waals surface area (Å²) in [5.74, 6) is -0.242. The molecule has 0 unspecified atom stereocenters. The predicted octanol–water partition coefficient (Wildman–Crippen LogP) is 2.01.